The molecule has 0 aromatic rings. The summed E-state index contributed by atoms with van der Waals surface area (Å²) in [6.07, 6.45) is 1.84. The molecule has 1 N–H and O–H groups in total. The van der Waals surface area contributed by atoms with Crippen LogP contribution >= 0.6 is 0 Å². The fourth-order valence-electron chi connectivity index (χ4n) is 0.781. The zero-order valence-electron chi connectivity index (χ0n) is 5.92. The zero-order chi connectivity index (χ0) is 7.78. The molecule has 3 nitrogen and oxygen atoms in total. The first-order valence-corrected chi connectivity index (χ1v) is 4.95. The largest absolute Gasteiger partial charge is 0.294 e. The van der Waals surface area contributed by atoms with Gasteiger partial charge in [-0.3, -0.25) is 5.41 Å². The minimum absolute atomic E-state index is 0.102. The Labute approximate surface area is 60.9 Å². The molecule has 1 aliphatic rings. The highest BCUT2D eigenvalue weighted by atomic mass is 32.2. The molecule has 1 aliphatic carbocycles. The second-order valence-corrected chi connectivity index (χ2v) is 4.77. The summed E-state index contributed by atoms with van der Waals surface area (Å²) in [7, 11) is -3.13. The van der Waals surface area contributed by atoms with Crippen molar-refractivity contribution in [2.75, 3.05) is 0 Å². The van der Waals surface area contributed by atoms with Crippen molar-refractivity contribution in [2.24, 2.45) is 0 Å². The normalized spacial score (nSPS) is 18.9. The summed E-state index contributed by atoms with van der Waals surface area (Å²) < 4.78 is 22.2. The van der Waals surface area contributed by atoms with Gasteiger partial charge in [-0.15, -0.1) is 0 Å². The average Bonchev–Trinajstić information content (AvgIpc) is 2.66. The molecule has 0 amide bonds. The number of rotatable bonds is 2. The van der Waals surface area contributed by atoms with Crippen LogP contribution in [0, 0.1) is 5.41 Å². The molecule has 1 rings (SSSR count). The Kier molecular flexibility index (Phi) is 1.81. The maximum Gasteiger partial charge on any atom is 0.193 e. The third-order valence-electron chi connectivity index (χ3n) is 1.63. The van der Waals surface area contributed by atoms with E-state index in [1.807, 2.05) is 0 Å². The molecule has 10 heavy (non-hydrogen) atoms. The molecule has 1 fully saturated rings. The van der Waals surface area contributed by atoms with Crippen molar-refractivity contribution in [3.05, 3.63) is 0 Å². The van der Waals surface area contributed by atoms with Gasteiger partial charge in [-0.2, -0.15) is 0 Å². The molecule has 0 aliphatic heterocycles. The topological polar surface area (TPSA) is 58.0 Å². The van der Waals surface area contributed by atoms with Crippen molar-refractivity contribution >= 4 is 14.9 Å². The Morgan fingerprint density at radius 1 is 1.60 bits per heavy atom. The Hall–Kier alpha value is -0.380. The van der Waals surface area contributed by atoms with E-state index < -0.39 is 9.84 Å². The van der Waals surface area contributed by atoms with Crippen molar-refractivity contribution in [2.45, 2.75) is 31.4 Å². The molecule has 0 radical (unpaired) electrons. The average molecular weight is 161 g/mol. The first-order chi connectivity index (χ1) is 4.59. The molecule has 58 valence electrons. The molecule has 0 atom stereocenters. The van der Waals surface area contributed by atoms with Gasteiger partial charge in [0.05, 0.1) is 5.25 Å². The molecule has 0 spiro atoms. The molecule has 4 heteroatoms. The third-order valence-corrected chi connectivity index (χ3v) is 3.95. The predicted molar refractivity (Wildman–Crippen MR) is 40.0 cm³/mol. The maximum absolute atomic E-state index is 11.1. The summed E-state index contributed by atoms with van der Waals surface area (Å²) in [5, 5.41) is 6.81. The van der Waals surface area contributed by atoms with Gasteiger partial charge in [0.2, 0.25) is 0 Å². The fraction of sp³-hybridized carbons (Fsp3) is 0.833. The van der Waals surface area contributed by atoms with Crippen LogP contribution in [0.3, 0.4) is 0 Å². The predicted octanol–water partition coefficient (Wildman–Crippen LogP) is 0.951. The van der Waals surface area contributed by atoms with Crippen LogP contribution in [-0.2, 0) is 9.84 Å². The standard InChI is InChI=1S/C6H11NO2S/c1-2-6(7)10(8,9)5-3-4-5/h5,7H,2-4H2,1H3. The van der Waals surface area contributed by atoms with Crippen LogP contribution < -0.4 is 0 Å². The second kappa shape index (κ2) is 2.34. The van der Waals surface area contributed by atoms with E-state index in [2.05, 4.69) is 0 Å². The quantitative estimate of drug-likeness (QED) is 0.484. The minimum atomic E-state index is -3.13. The van der Waals surface area contributed by atoms with Gasteiger partial charge in [0.25, 0.3) is 0 Å². The SMILES string of the molecule is CCC(=N)S(=O)(=O)C1CC1. The van der Waals surface area contributed by atoms with E-state index >= 15 is 0 Å². The third kappa shape index (κ3) is 1.21. The van der Waals surface area contributed by atoms with Crippen LogP contribution in [0.1, 0.15) is 26.2 Å². The van der Waals surface area contributed by atoms with Crippen molar-refractivity contribution in [1.29, 1.82) is 5.41 Å². The first kappa shape index (κ1) is 7.72. The number of hydrogen-bond acceptors (Lipinski definition) is 3. The Bertz CT molecular complexity index is 238. The lowest BCUT2D eigenvalue weighted by Crippen LogP contribution is -2.17. The highest BCUT2D eigenvalue weighted by Gasteiger charge is 2.37. The van der Waals surface area contributed by atoms with Gasteiger partial charge in [0.15, 0.2) is 9.84 Å². The van der Waals surface area contributed by atoms with Crippen LogP contribution in [-0.4, -0.2) is 18.7 Å². The lowest BCUT2D eigenvalue weighted by atomic mass is 10.5. The first-order valence-electron chi connectivity index (χ1n) is 3.40. The van der Waals surface area contributed by atoms with Gasteiger partial charge in [0, 0.05) is 0 Å². The van der Waals surface area contributed by atoms with Crippen molar-refractivity contribution in [3.8, 4) is 0 Å². The van der Waals surface area contributed by atoms with Crippen LogP contribution in [0.25, 0.3) is 0 Å². The minimum Gasteiger partial charge on any atom is -0.294 e. The monoisotopic (exact) mass is 161 g/mol. The molecule has 0 unspecified atom stereocenters. The number of hydrogen-bond donors (Lipinski definition) is 1. The summed E-state index contributed by atoms with van der Waals surface area (Å²) >= 11 is 0. The smallest absolute Gasteiger partial charge is 0.193 e. The molecule has 0 saturated heterocycles. The summed E-state index contributed by atoms with van der Waals surface area (Å²) in [6.45, 7) is 1.70. The Balaban J connectivity index is 2.77. The fourth-order valence-corrected chi connectivity index (χ4v) is 2.34. The van der Waals surface area contributed by atoms with Gasteiger partial charge in [-0.25, -0.2) is 8.42 Å². The molecule has 1 saturated carbocycles. The van der Waals surface area contributed by atoms with Crippen molar-refractivity contribution in [1.82, 2.24) is 0 Å². The molecule has 0 aromatic carbocycles. The van der Waals surface area contributed by atoms with E-state index in [4.69, 9.17) is 5.41 Å². The molecule has 0 heterocycles. The summed E-state index contributed by atoms with van der Waals surface area (Å²) in [5.41, 5.74) is 0. The number of sulfone groups is 1. The molecular formula is C6H11NO2S. The molecular weight excluding hydrogens is 150 g/mol. The van der Waals surface area contributed by atoms with Gasteiger partial charge < -0.3 is 0 Å². The van der Waals surface area contributed by atoms with Crippen LogP contribution in [0.15, 0.2) is 0 Å². The molecule has 0 bridgehead atoms. The van der Waals surface area contributed by atoms with Crippen LogP contribution in [0.5, 0.6) is 0 Å². The lowest BCUT2D eigenvalue weighted by Gasteiger charge is -1.98. The van der Waals surface area contributed by atoms with E-state index in [1.54, 1.807) is 6.92 Å². The summed E-state index contributed by atoms with van der Waals surface area (Å²) in [5.74, 6) is 0. The van der Waals surface area contributed by atoms with E-state index in [0.717, 1.165) is 12.8 Å². The van der Waals surface area contributed by atoms with Gasteiger partial charge in [0.1, 0.15) is 5.04 Å². The maximum atomic E-state index is 11.1. The second-order valence-electron chi connectivity index (χ2n) is 2.52. The summed E-state index contributed by atoms with van der Waals surface area (Å²) in [4.78, 5) is 0. The highest BCUT2D eigenvalue weighted by Crippen LogP contribution is 2.29. The van der Waals surface area contributed by atoms with E-state index in [1.165, 1.54) is 0 Å². The lowest BCUT2D eigenvalue weighted by molar-refractivity contribution is 0.605. The van der Waals surface area contributed by atoms with Crippen LogP contribution in [0.2, 0.25) is 0 Å². The van der Waals surface area contributed by atoms with E-state index in [0.29, 0.717) is 6.42 Å². The van der Waals surface area contributed by atoms with Gasteiger partial charge in [-0.05, 0) is 19.3 Å². The zero-order valence-corrected chi connectivity index (χ0v) is 6.74. The van der Waals surface area contributed by atoms with Gasteiger partial charge >= 0.3 is 0 Å². The van der Waals surface area contributed by atoms with Crippen LogP contribution in [0.4, 0.5) is 0 Å². The highest BCUT2D eigenvalue weighted by molar-refractivity contribution is 8.07. The molecule has 0 aromatic heterocycles. The van der Waals surface area contributed by atoms with Gasteiger partial charge in [-0.1, -0.05) is 6.92 Å². The number of nitrogens with one attached hydrogen (secondary N) is 1. The van der Waals surface area contributed by atoms with Crippen molar-refractivity contribution < 1.29 is 8.42 Å². The summed E-state index contributed by atoms with van der Waals surface area (Å²) in [6, 6.07) is 0. The van der Waals surface area contributed by atoms with E-state index in [9.17, 15) is 8.42 Å². The Morgan fingerprint density at radius 2 is 2.10 bits per heavy atom. The van der Waals surface area contributed by atoms with Crippen molar-refractivity contribution in [3.63, 3.8) is 0 Å². The Morgan fingerprint density at radius 3 is 2.40 bits per heavy atom. The van der Waals surface area contributed by atoms with E-state index in [-0.39, 0.29) is 10.3 Å².